The number of nitrogens with one attached hydrogen (secondary N) is 2. The van der Waals surface area contributed by atoms with E-state index in [9.17, 15) is 14.4 Å². The van der Waals surface area contributed by atoms with Crippen LogP contribution >= 0.6 is 0 Å². The first-order valence-corrected chi connectivity index (χ1v) is 11.3. The smallest absolute Gasteiger partial charge is 0.287 e. The number of nitrogens with zero attached hydrogens (tertiary/aromatic N) is 2. The van der Waals surface area contributed by atoms with Crippen molar-refractivity contribution in [1.82, 2.24) is 20.5 Å². The summed E-state index contributed by atoms with van der Waals surface area (Å²) < 4.78 is 5.09. The topological polar surface area (TPSA) is 105 Å². The van der Waals surface area contributed by atoms with Gasteiger partial charge in [-0.2, -0.15) is 0 Å². The van der Waals surface area contributed by atoms with Gasteiger partial charge >= 0.3 is 0 Å². The van der Waals surface area contributed by atoms with E-state index in [1.54, 1.807) is 29.4 Å². The van der Waals surface area contributed by atoms with Gasteiger partial charge in [0.25, 0.3) is 5.91 Å². The predicted molar refractivity (Wildman–Crippen MR) is 120 cm³/mol. The maximum atomic E-state index is 13.4. The number of carbonyl (C=O) groups is 3. The minimum Gasteiger partial charge on any atom is -0.459 e. The number of carbonyl (C=O) groups excluding carboxylic acids is 3. The lowest BCUT2D eigenvalue weighted by Gasteiger charge is -2.32. The molecular weight excluding hydrogens is 408 g/mol. The maximum Gasteiger partial charge on any atom is 0.287 e. The number of pyridine rings is 1. The van der Waals surface area contributed by atoms with Crippen molar-refractivity contribution in [2.45, 2.75) is 58.0 Å². The molecule has 1 fully saturated rings. The Balaban J connectivity index is 1.80. The lowest BCUT2D eigenvalue weighted by Crippen LogP contribution is -2.49. The largest absolute Gasteiger partial charge is 0.459 e. The maximum absolute atomic E-state index is 13.4. The number of amides is 3. The monoisotopic (exact) mass is 440 g/mol. The van der Waals surface area contributed by atoms with Crippen LogP contribution < -0.4 is 10.6 Å². The number of hydrogen-bond acceptors (Lipinski definition) is 5. The van der Waals surface area contributed by atoms with Gasteiger partial charge in [0.2, 0.25) is 11.8 Å². The van der Waals surface area contributed by atoms with Crippen LogP contribution in [0.4, 0.5) is 0 Å². The summed E-state index contributed by atoms with van der Waals surface area (Å²) in [4.78, 5) is 44.6. The fourth-order valence-electron chi connectivity index (χ4n) is 3.91. The van der Waals surface area contributed by atoms with Crippen LogP contribution in [0, 0.1) is 5.92 Å². The van der Waals surface area contributed by atoms with Crippen LogP contribution in [-0.2, 0) is 9.59 Å². The average molecular weight is 441 g/mol. The molecule has 1 aliphatic rings. The van der Waals surface area contributed by atoms with Gasteiger partial charge in [-0.1, -0.05) is 32.8 Å². The fourth-order valence-corrected chi connectivity index (χ4v) is 3.91. The molecule has 1 unspecified atom stereocenters. The van der Waals surface area contributed by atoms with E-state index in [1.165, 1.54) is 12.3 Å². The molecular formula is C24H32N4O4. The first-order valence-electron chi connectivity index (χ1n) is 11.3. The van der Waals surface area contributed by atoms with Gasteiger partial charge in [0.1, 0.15) is 6.04 Å². The molecule has 0 aromatic carbocycles. The molecule has 172 valence electrons. The van der Waals surface area contributed by atoms with E-state index in [0.717, 1.165) is 32.1 Å². The zero-order chi connectivity index (χ0) is 22.9. The first-order chi connectivity index (χ1) is 15.5. The highest BCUT2D eigenvalue weighted by molar-refractivity contribution is 5.95. The van der Waals surface area contributed by atoms with E-state index in [2.05, 4.69) is 29.5 Å². The van der Waals surface area contributed by atoms with E-state index in [0.29, 0.717) is 18.0 Å². The van der Waals surface area contributed by atoms with Gasteiger partial charge in [0.15, 0.2) is 5.76 Å². The zero-order valence-corrected chi connectivity index (χ0v) is 18.8. The van der Waals surface area contributed by atoms with Gasteiger partial charge in [-0.3, -0.25) is 19.4 Å². The molecule has 3 rings (SSSR count). The Labute approximate surface area is 188 Å². The number of furan rings is 1. The van der Waals surface area contributed by atoms with Crippen LogP contribution in [0.25, 0.3) is 0 Å². The molecule has 0 radical (unpaired) electrons. The molecule has 2 heterocycles. The second-order valence-electron chi connectivity index (χ2n) is 8.61. The molecule has 32 heavy (non-hydrogen) atoms. The van der Waals surface area contributed by atoms with Crippen LogP contribution in [0.2, 0.25) is 0 Å². The van der Waals surface area contributed by atoms with Gasteiger partial charge in [0.05, 0.1) is 12.8 Å². The molecule has 1 saturated carbocycles. The molecule has 2 N–H and O–H groups in total. The summed E-state index contributed by atoms with van der Waals surface area (Å²) in [7, 11) is 0. The number of rotatable bonds is 10. The SMILES string of the molecule is CC(C)CCN(C(=O)CNC(=O)c1ccco1)C(C(=O)NC1CCCC1)c1cccnc1. The van der Waals surface area contributed by atoms with E-state index in [1.807, 2.05) is 6.07 Å². The Morgan fingerprint density at radius 1 is 1.19 bits per heavy atom. The normalized spacial score (nSPS) is 14.8. The Hall–Kier alpha value is -3.16. The zero-order valence-electron chi connectivity index (χ0n) is 18.8. The third-order valence-electron chi connectivity index (χ3n) is 5.67. The molecule has 0 aliphatic heterocycles. The molecule has 2 aromatic rings. The van der Waals surface area contributed by atoms with Gasteiger partial charge in [-0.05, 0) is 43.4 Å². The summed E-state index contributed by atoms with van der Waals surface area (Å²) in [5, 5.41) is 5.72. The van der Waals surface area contributed by atoms with E-state index in [-0.39, 0.29) is 30.2 Å². The molecule has 3 amide bonds. The molecule has 0 saturated heterocycles. The summed E-state index contributed by atoms with van der Waals surface area (Å²) in [6, 6.07) is 6.03. The molecule has 0 spiro atoms. The van der Waals surface area contributed by atoms with Crippen molar-refractivity contribution in [2.75, 3.05) is 13.1 Å². The highest BCUT2D eigenvalue weighted by atomic mass is 16.3. The van der Waals surface area contributed by atoms with Crippen LogP contribution in [0.1, 0.15) is 68.1 Å². The van der Waals surface area contributed by atoms with Crippen molar-refractivity contribution >= 4 is 17.7 Å². The van der Waals surface area contributed by atoms with Crippen LogP contribution in [0.15, 0.2) is 47.3 Å². The third kappa shape index (κ3) is 6.42. The molecule has 1 atom stereocenters. The van der Waals surface area contributed by atoms with Crippen LogP contribution in [0.3, 0.4) is 0 Å². The van der Waals surface area contributed by atoms with Crippen molar-refractivity contribution in [1.29, 1.82) is 0 Å². The van der Waals surface area contributed by atoms with Crippen LogP contribution in [0.5, 0.6) is 0 Å². The van der Waals surface area contributed by atoms with Crippen LogP contribution in [-0.4, -0.2) is 46.7 Å². The lowest BCUT2D eigenvalue weighted by molar-refractivity contribution is -0.140. The van der Waals surface area contributed by atoms with E-state index >= 15 is 0 Å². The van der Waals surface area contributed by atoms with Crippen molar-refractivity contribution in [3.8, 4) is 0 Å². The van der Waals surface area contributed by atoms with Crippen molar-refractivity contribution < 1.29 is 18.8 Å². The average Bonchev–Trinajstić information content (AvgIpc) is 3.49. The standard InChI is InChI=1S/C24H32N4O4/c1-17(2)11-13-28(21(29)16-26-23(30)20-10-6-14-32-20)22(18-7-5-12-25-15-18)24(31)27-19-8-3-4-9-19/h5-7,10,12,14-15,17,19,22H,3-4,8-9,11,13,16H2,1-2H3,(H,26,30)(H,27,31). The van der Waals surface area contributed by atoms with Crippen molar-refractivity contribution in [3.05, 3.63) is 54.2 Å². The second kappa shape index (κ2) is 11.5. The molecule has 8 nitrogen and oxygen atoms in total. The second-order valence-corrected chi connectivity index (χ2v) is 8.61. The summed E-state index contributed by atoms with van der Waals surface area (Å²) in [5.41, 5.74) is 0.650. The van der Waals surface area contributed by atoms with Gasteiger partial charge < -0.3 is 20.0 Å². The summed E-state index contributed by atoms with van der Waals surface area (Å²) in [6.07, 6.45) is 9.47. The Morgan fingerprint density at radius 3 is 2.59 bits per heavy atom. The number of aromatic nitrogens is 1. The Kier molecular flexibility index (Phi) is 8.41. The molecule has 0 bridgehead atoms. The highest BCUT2D eigenvalue weighted by Crippen LogP contribution is 2.24. The van der Waals surface area contributed by atoms with Gasteiger partial charge in [-0.15, -0.1) is 0 Å². The molecule has 1 aliphatic carbocycles. The van der Waals surface area contributed by atoms with Gasteiger partial charge in [-0.25, -0.2) is 0 Å². The van der Waals surface area contributed by atoms with Gasteiger partial charge in [0, 0.05) is 30.5 Å². The van der Waals surface area contributed by atoms with Crippen molar-refractivity contribution in [2.24, 2.45) is 5.92 Å². The fraction of sp³-hybridized carbons (Fsp3) is 0.500. The quantitative estimate of drug-likeness (QED) is 0.591. The molecule has 2 aromatic heterocycles. The number of hydrogen-bond donors (Lipinski definition) is 2. The summed E-state index contributed by atoms with van der Waals surface area (Å²) >= 11 is 0. The Morgan fingerprint density at radius 2 is 1.97 bits per heavy atom. The minimum atomic E-state index is -0.809. The minimum absolute atomic E-state index is 0.127. The lowest BCUT2D eigenvalue weighted by atomic mass is 10.0. The van der Waals surface area contributed by atoms with E-state index < -0.39 is 11.9 Å². The highest BCUT2D eigenvalue weighted by Gasteiger charge is 2.33. The summed E-state index contributed by atoms with van der Waals surface area (Å²) in [6.45, 7) is 4.30. The van der Waals surface area contributed by atoms with Crippen molar-refractivity contribution in [3.63, 3.8) is 0 Å². The third-order valence-corrected chi connectivity index (χ3v) is 5.67. The molecule has 8 heteroatoms. The summed E-state index contributed by atoms with van der Waals surface area (Å²) in [5.74, 6) is -0.536. The first kappa shape index (κ1) is 23.5. The van der Waals surface area contributed by atoms with E-state index in [4.69, 9.17) is 4.42 Å². The Bertz CT molecular complexity index is 877. The predicted octanol–water partition coefficient (Wildman–Crippen LogP) is 3.08.